The lowest BCUT2D eigenvalue weighted by atomic mass is 10.2. The fourth-order valence-electron chi connectivity index (χ4n) is 1.74. The van der Waals surface area contributed by atoms with E-state index in [1.165, 1.54) is 0 Å². The first-order valence-corrected chi connectivity index (χ1v) is 6.42. The molecule has 0 radical (unpaired) electrons. The van der Waals surface area contributed by atoms with Crippen molar-refractivity contribution >= 4 is 5.84 Å². The third-order valence-corrected chi connectivity index (χ3v) is 2.69. The summed E-state index contributed by atoms with van der Waals surface area (Å²) in [6.45, 7) is 3.57. The molecule has 20 heavy (non-hydrogen) atoms. The van der Waals surface area contributed by atoms with Crippen LogP contribution < -0.4 is 15.2 Å². The molecule has 0 atom stereocenters. The topological polar surface area (TPSA) is 86.1 Å². The maximum Gasteiger partial charge on any atom is 0.161 e. The Morgan fingerprint density at radius 1 is 1.35 bits per heavy atom. The fraction of sp³-hybridized carbons (Fsp3) is 0.286. The lowest BCUT2D eigenvalue weighted by Crippen LogP contribution is -2.12. The van der Waals surface area contributed by atoms with Crippen molar-refractivity contribution in [2.24, 2.45) is 5.73 Å². The van der Waals surface area contributed by atoms with Gasteiger partial charge in [0.15, 0.2) is 11.5 Å². The van der Waals surface area contributed by atoms with Crippen molar-refractivity contribution < 1.29 is 9.47 Å². The van der Waals surface area contributed by atoms with Crippen molar-refractivity contribution in [2.75, 3.05) is 13.2 Å². The number of aromatic nitrogens is 2. The van der Waals surface area contributed by atoms with Crippen LogP contribution in [0.25, 0.3) is 0 Å². The number of nitrogens with one attached hydrogen (secondary N) is 1. The molecular weight excluding hydrogens is 256 g/mol. The summed E-state index contributed by atoms with van der Waals surface area (Å²) in [6.07, 6.45) is 3.61. The Balaban J connectivity index is 2.03. The average molecular weight is 274 g/mol. The number of hydrogen-bond acceptors (Lipinski definition) is 4. The van der Waals surface area contributed by atoms with Gasteiger partial charge in [-0.3, -0.25) is 10.1 Å². The number of nitrogens with two attached hydrogens (primary N) is 1. The zero-order valence-corrected chi connectivity index (χ0v) is 11.4. The maximum absolute atomic E-state index is 7.44. The van der Waals surface area contributed by atoms with Gasteiger partial charge in [0.25, 0.3) is 0 Å². The Morgan fingerprint density at radius 2 is 2.20 bits per heavy atom. The van der Waals surface area contributed by atoms with E-state index in [0.717, 1.165) is 0 Å². The lowest BCUT2D eigenvalue weighted by molar-refractivity contribution is 0.262. The largest absolute Gasteiger partial charge is 0.490 e. The summed E-state index contributed by atoms with van der Waals surface area (Å²) in [6, 6.07) is 7.10. The SMILES string of the molecule is CCOc1cc(C(=N)N)ccc1OCCn1cccn1. The second-order valence-electron chi connectivity index (χ2n) is 4.13. The molecule has 0 aliphatic carbocycles. The molecule has 2 aromatic rings. The first-order chi connectivity index (χ1) is 9.70. The first kappa shape index (κ1) is 13.9. The number of rotatable bonds is 7. The molecule has 106 valence electrons. The van der Waals surface area contributed by atoms with Crippen LogP contribution >= 0.6 is 0 Å². The van der Waals surface area contributed by atoms with Gasteiger partial charge >= 0.3 is 0 Å². The van der Waals surface area contributed by atoms with E-state index in [1.807, 2.05) is 19.2 Å². The van der Waals surface area contributed by atoms with Crippen LogP contribution in [0.3, 0.4) is 0 Å². The van der Waals surface area contributed by atoms with Crippen LogP contribution in [0.4, 0.5) is 0 Å². The molecule has 0 aliphatic rings. The number of ether oxygens (including phenoxy) is 2. The molecule has 2 rings (SSSR count). The highest BCUT2D eigenvalue weighted by molar-refractivity contribution is 5.95. The summed E-state index contributed by atoms with van der Waals surface area (Å²) in [5, 5.41) is 11.5. The molecule has 3 N–H and O–H groups in total. The van der Waals surface area contributed by atoms with Gasteiger partial charge in [0.05, 0.1) is 13.2 Å². The number of nitrogens with zero attached hydrogens (tertiary/aromatic N) is 2. The summed E-state index contributed by atoms with van der Waals surface area (Å²) in [4.78, 5) is 0. The van der Waals surface area contributed by atoms with Gasteiger partial charge in [-0.1, -0.05) is 0 Å². The molecule has 6 heteroatoms. The minimum atomic E-state index is 0.00837. The van der Waals surface area contributed by atoms with Gasteiger partial charge in [-0.15, -0.1) is 0 Å². The van der Waals surface area contributed by atoms with Crippen molar-refractivity contribution in [3.63, 3.8) is 0 Å². The molecule has 0 amide bonds. The van der Waals surface area contributed by atoms with Crippen LogP contribution in [-0.4, -0.2) is 28.8 Å². The summed E-state index contributed by atoms with van der Waals surface area (Å²) in [5.41, 5.74) is 6.09. The van der Waals surface area contributed by atoms with Gasteiger partial charge in [-0.25, -0.2) is 0 Å². The van der Waals surface area contributed by atoms with Gasteiger partial charge in [-0.05, 0) is 31.2 Å². The molecule has 6 nitrogen and oxygen atoms in total. The zero-order chi connectivity index (χ0) is 14.4. The third kappa shape index (κ3) is 3.50. The third-order valence-electron chi connectivity index (χ3n) is 2.69. The predicted molar refractivity (Wildman–Crippen MR) is 76.3 cm³/mol. The average Bonchev–Trinajstić information content (AvgIpc) is 2.93. The summed E-state index contributed by atoms with van der Waals surface area (Å²) < 4.78 is 13.0. The van der Waals surface area contributed by atoms with Gasteiger partial charge in [0.2, 0.25) is 0 Å². The normalized spacial score (nSPS) is 10.2. The second kappa shape index (κ2) is 6.60. The smallest absolute Gasteiger partial charge is 0.161 e. The van der Waals surface area contributed by atoms with Crippen molar-refractivity contribution in [1.82, 2.24) is 9.78 Å². The highest BCUT2D eigenvalue weighted by atomic mass is 16.5. The Bertz CT molecular complexity index is 567. The molecule has 0 saturated carbocycles. The van der Waals surface area contributed by atoms with E-state index in [-0.39, 0.29) is 5.84 Å². The molecule has 1 aromatic heterocycles. The van der Waals surface area contributed by atoms with E-state index >= 15 is 0 Å². The standard InChI is InChI=1S/C14H18N4O2/c1-2-19-13-10-11(14(15)16)4-5-12(13)20-9-8-18-7-3-6-17-18/h3-7,10H,2,8-9H2,1H3,(H3,15,16). The molecule has 1 aromatic carbocycles. The highest BCUT2D eigenvalue weighted by Gasteiger charge is 2.08. The Morgan fingerprint density at radius 3 is 2.85 bits per heavy atom. The molecule has 0 aliphatic heterocycles. The highest BCUT2D eigenvalue weighted by Crippen LogP contribution is 2.28. The van der Waals surface area contributed by atoms with Crippen molar-refractivity contribution in [3.8, 4) is 11.5 Å². The molecule has 0 fully saturated rings. The summed E-state index contributed by atoms with van der Waals surface area (Å²) in [5.74, 6) is 1.25. The Kier molecular flexibility index (Phi) is 4.60. The summed E-state index contributed by atoms with van der Waals surface area (Å²) in [7, 11) is 0. The Hall–Kier alpha value is -2.50. The number of amidine groups is 1. The molecule has 0 spiro atoms. The van der Waals surface area contributed by atoms with Crippen molar-refractivity contribution in [1.29, 1.82) is 5.41 Å². The van der Waals surface area contributed by atoms with Crippen LogP contribution in [0.5, 0.6) is 11.5 Å². The first-order valence-electron chi connectivity index (χ1n) is 6.42. The van der Waals surface area contributed by atoms with Gasteiger partial charge in [-0.2, -0.15) is 5.10 Å². The number of benzene rings is 1. The van der Waals surface area contributed by atoms with E-state index in [0.29, 0.717) is 36.8 Å². The zero-order valence-electron chi connectivity index (χ0n) is 11.4. The van der Waals surface area contributed by atoms with Crippen LogP contribution in [0.2, 0.25) is 0 Å². The monoisotopic (exact) mass is 274 g/mol. The summed E-state index contributed by atoms with van der Waals surface area (Å²) >= 11 is 0. The van der Waals surface area contributed by atoms with E-state index in [2.05, 4.69) is 5.10 Å². The van der Waals surface area contributed by atoms with E-state index in [1.54, 1.807) is 29.1 Å². The van der Waals surface area contributed by atoms with Gasteiger partial charge in [0.1, 0.15) is 12.4 Å². The molecular formula is C14H18N4O2. The minimum absolute atomic E-state index is 0.00837. The van der Waals surface area contributed by atoms with Crippen LogP contribution in [-0.2, 0) is 6.54 Å². The number of nitrogen functional groups attached to an aromatic ring is 1. The lowest BCUT2D eigenvalue weighted by Gasteiger charge is -2.13. The van der Waals surface area contributed by atoms with Crippen LogP contribution in [0, 0.1) is 5.41 Å². The Labute approximate surface area is 117 Å². The fourth-order valence-corrected chi connectivity index (χ4v) is 1.74. The second-order valence-corrected chi connectivity index (χ2v) is 4.13. The number of hydrogen-bond donors (Lipinski definition) is 2. The van der Waals surface area contributed by atoms with E-state index in [9.17, 15) is 0 Å². The van der Waals surface area contributed by atoms with Crippen LogP contribution in [0.1, 0.15) is 12.5 Å². The van der Waals surface area contributed by atoms with Crippen molar-refractivity contribution in [3.05, 3.63) is 42.2 Å². The van der Waals surface area contributed by atoms with E-state index < -0.39 is 0 Å². The molecule has 1 heterocycles. The van der Waals surface area contributed by atoms with E-state index in [4.69, 9.17) is 20.6 Å². The molecule has 0 unspecified atom stereocenters. The predicted octanol–water partition coefficient (Wildman–Crippen LogP) is 1.64. The minimum Gasteiger partial charge on any atom is -0.490 e. The quantitative estimate of drug-likeness (QED) is 0.593. The van der Waals surface area contributed by atoms with Gasteiger partial charge in [0, 0.05) is 18.0 Å². The van der Waals surface area contributed by atoms with Crippen molar-refractivity contribution in [2.45, 2.75) is 13.5 Å². The maximum atomic E-state index is 7.44. The van der Waals surface area contributed by atoms with Crippen LogP contribution in [0.15, 0.2) is 36.7 Å². The molecule has 0 saturated heterocycles. The molecule has 0 bridgehead atoms. The van der Waals surface area contributed by atoms with Gasteiger partial charge < -0.3 is 15.2 Å².